The van der Waals surface area contributed by atoms with E-state index < -0.39 is 9.58 Å². The molecular weight excluding hydrogens is 186 g/mol. The zero-order valence-corrected chi connectivity index (χ0v) is 6.41. The highest BCUT2D eigenvalue weighted by atomic mass is 35.6. The molecular formula is C4H3Cl3O2. The molecule has 9 heavy (non-hydrogen) atoms. The van der Waals surface area contributed by atoms with Crippen molar-refractivity contribution in [3.8, 4) is 0 Å². The van der Waals surface area contributed by atoms with Gasteiger partial charge in [-0.05, 0) is 0 Å². The Morgan fingerprint density at radius 2 is 1.89 bits per heavy atom. The molecule has 0 rings (SSSR count). The number of carbonyl (C=O) groups is 1. The first-order valence-electron chi connectivity index (χ1n) is 1.90. The molecule has 0 fully saturated rings. The topological polar surface area (TPSA) is 37.3 Å². The fraction of sp³-hybridized carbons (Fsp3) is 0.250. The van der Waals surface area contributed by atoms with Gasteiger partial charge in [-0.2, -0.15) is 0 Å². The fourth-order valence-electron chi connectivity index (χ4n) is 0.162. The Morgan fingerprint density at radius 3 is 2.00 bits per heavy atom. The molecule has 0 aromatic rings. The normalized spacial score (nSPS) is 12.3. The second kappa shape index (κ2) is 3.30. The average Bonchev–Trinajstić information content (AvgIpc) is 1.64. The number of halogens is 3. The number of hydrogen-bond donors (Lipinski definition) is 1. The van der Waals surface area contributed by atoms with Gasteiger partial charge in [0.05, 0.1) is 6.26 Å². The Labute approximate surface area is 67.0 Å². The summed E-state index contributed by atoms with van der Waals surface area (Å²) in [7, 11) is 0. The van der Waals surface area contributed by atoms with Crippen molar-refractivity contribution < 1.29 is 9.90 Å². The molecule has 0 aliphatic rings. The smallest absolute Gasteiger partial charge is 0.252 e. The summed E-state index contributed by atoms with van der Waals surface area (Å²) < 4.78 is -1.96. The van der Waals surface area contributed by atoms with Crippen LogP contribution >= 0.6 is 34.8 Å². The molecule has 0 aliphatic carbocycles. The molecule has 1 N–H and O–H groups in total. The lowest BCUT2D eigenvalue weighted by atomic mass is 10.4. The van der Waals surface area contributed by atoms with Crippen LogP contribution in [-0.4, -0.2) is 14.7 Å². The summed E-state index contributed by atoms with van der Waals surface area (Å²) in [4.78, 5) is 10.4. The highest BCUT2D eigenvalue weighted by molar-refractivity contribution is 6.77. The molecule has 0 aromatic carbocycles. The van der Waals surface area contributed by atoms with Crippen LogP contribution in [0.25, 0.3) is 0 Å². The Hall–Kier alpha value is 0.0800. The van der Waals surface area contributed by atoms with Crippen LogP contribution in [0.15, 0.2) is 12.3 Å². The number of rotatable bonds is 1. The van der Waals surface area contributed by atoms with Crippen LogP contribution in [0.5, 0.6) is 0 Å². The first kappa shape index (κ1) is 9.08. The molecule has 2 nitrogen and oxygen atoms in total. The minimum absolute atomic E-state index is 0.518. The second-order valence-corrected chi connectivity index (χ2v) is 3.46. The lowest BCUT2D eigenvalue weighted by molar-refractivity contribution is -0.113. The Kier molecular flexibility index (Phi) is 3.33. The maximum Gasteiger partial charge on any atom is 0.252 e. The number of ketones is 1. The van der Waals surface area contributed by atoms with Gasteiger partial charge in [-0.3, -0.25) is 4.79 Å². The van der Waals surface area contributed by atoms with Crippen LogP contribution in [0, 0.1) is 0 Å². The van der Waals surface area contributed by atoms with Crippen molar-refractivity contribution in [2.45, 2.75) is 3.79 Å². The molecule has 0 spiro atoms. The van der Waals surface area contributed by atoms with Crippen molar-refractivity contribution in [3.63, 3.8) is 0 Å². The first-order chi connectivity index (χ1) is 3.98. The van der Waals surface area contributed by atoms with Crippen molar-refractivity contribution in [3.05, 3.63) is 12.3 Å². The van der Waals surface area contributed by atoms with Gasteiger partial charge < -0.3 is 5.11 Å². The van der Waals surface area contributed by atoms with E-state index in [4.69, 9.17) is 39.9 Å². The molecule has 0 amide bonds. The van der Waals surface area contributed by atoms with Crippen LogP contribution in [-0.2, 0) is 4.79 Å². The number of allylic oxidation sites excluding steroid dienone is 1. The fourth-order valence-corrected chi connectivity index (χ4v) is 0.351. The molecule has 0 atom stereocenters. The van der Waals surface area contributed by atoms with Gasteiger partial charge in [0, 0.05) is 6.08 Å². The molecule has 0 saturated carbocycles. The van der Waals surface area contributed by atoms with Crippen LogP contribution in [0.1, 0.15) is 0 Å². The third-order valence-corrected chi connectivity index (χ3v) is 1.06. The van der Waals surface area contributed by atoms with Crippen molar-refractivity contribution in [2.24, 2.45) is 0 Å². The summed E-state index contributed by atoms with van der Waals surface area (Å²) in [6.07, 6.45) is 1.29. The van der Waals surface area contributed by atoms with E-state index in [2.05, 4.69) is 0 Å². The molecule has 0 aromatic heterocycles. The van der Waals surface area contributed by atoms with Gasteiger partial charge in [0.15, 0.2) is 0 Å². The van der Waals surface area contributed by atoms with Gasteiger partial charge in [0.1, 0.15) is 0 Å². The monoisotopic (exact) mass is 188 g/mol. The summed E-state index contributed by atoms with van der Waals surface area (Å²) in [5, 5.41) is 8.02. The van der Waals surface area contributed by atoms with Crippen molar-refractivity contribution in [1.82, 2.24) is 0 Å². The Balaban J connectivity index is 4.06. The number of carbonyl (C=O) groups excluding carboxylic acids is 1. The maximum atomic E-state index is 10.4. The Morgan fingerprint density at radius 1 is 1.44 bits per heavy atom. The van der Waals surface area contributed by atoms with E-state index in [1.807, 2.05) is 0 Å². The van der Waals surface area contributed by atoms with E-state index in [0.717, 1.165) is 6.08 Å². The minimum Gasteiger partial charge on any atom is -0.515 e. The van der Waals surface area contributed by atoms with E-state index in [1.165, 1.54) is 0 Å². The summed E-state index contributed by atoms with van der Waals surface area (Å²) in [6.45, 7) is 0. The SMILES string of the molecule is O=C(/C=C/O)C(Cl)(Cl)Cl. The molecule has 0 bridgehead atoms. The third kappa shape index (κ3) is 3.62. The zero-order valence-electron chi connectivity index (χ0n) is 4.14. The molecule has 0 radical (unpaired) electrons. The molecule has 0 heterocycles. The summed E-state index contributed by atoms with van der Waals surface area (Å²) in [6, 6.07) is 0. The van der Waals surface area contributed by atoms with Crippen LogP contribution in [0.3, 0.4) is 0 Å². The molecule has 0 unspecified atom stereocenters. The highest BCUT2D eigenvalue weighted by Crippen LogP contribution is 2.27. The van der Waals surface area contributed by atoms with Gasteiger partial charge in [-0.1, -0.05) is 34.8 Å². The summed E-state index contributed by atoms with van der Waals surface area (Å²) in [5.74, 6) is -0.769. The van der Waals surface area contributed by atoms with E-state index in [1.54, 1.807) is 0 Å². The van der Waals surface area contributed by atoms with Gasteiger partial charge in [0.25, 0.3) is 3.79 Å². The number of aliphatic hydroxyl groups excluding tert-OH is 1. The van der Waals surface area contributed by atoms with E-state index in [0.29, 0.717) is 6.26 Å². The molecule has 52 valence electrons. The maximum absolute atomic E-state index is 10.4. The largest absolute Gasteiger partial charge is 0.515 e. The zero-order chi connectivity index (χ0) is 7.49. The molecule has 5 heteroatoms. The van der Waals surface area contributed by atoms with Gasteiger partial charge in [0.2, 0.25) is 5.78 Å². The number of aliphatic hydroxyl groups is 1. The summed E-state index contributed by atoms with van der Waals surface area (Å²) >= 11 is 15.2. The van der Waals surface area contributed by atoms with Crippen LogP contribution in [0.2, 0.25) is 0 Å². The number of alkyl halides is 3. The molecule has 0 aliphatic heterocycles. The predicted molar refractivity (Wildman–Crippen MR) is 37.1 cm³/mol. The van der Waals surface area contributed by atoms with E-state index >= 15 is 0 Å². The first-order valence-corrected chi connectivity index (χ1v) is 3.04. The predicted octanol–water partition coefficient (Wildman–Crippen LogP) is 2.00. The second-order valence-electron chi connectivity index (χ2n) is 1.18. The van der Waals surface area contributed by atoms with Gasteiger partial charge in [-0.25, -0.2) is 0 Å². The standard InChI is InChI=1S/C4H3Cl3O2/c5-4(6,7)3(9)1-2-8/h1-2,8H/b2-1+. The minimum atomic E-state index is -1.96. The lowest BCUT2D eigenvalue weighted by Crippen LogP contribution is -2.15. The van der Waals surface area contributed by atoms with Gasteiger partial charge in [-0.15, -0.1) is 0 Å². The van der Waals surface area contributed by atoms with Crippen LogP contribution in [0.4, 0.5) is 0 Å². The van der Waals surface area contributed by atoms with Crippen molar-refractivity contribution in [2.75, 3.05) is 0 Å². The lowest BCUT2D eigenvalue weighted by Gasteiger charge is -2.02. The van der Waals surface area contributed by atoms with Crippen molar-refractivity contribution in [1.29, 1.82) is 0 Å². The van der Waals surface area contributed by atoms with Gasteiger partial charge >= 0.3 is 0 Å². The quantitative estimate of drug-likeness (QED) is 0.389. The average molecular weight is 189 g/mol. The number of hydrogen-bond acceptors (Lipinski definition) is 2. The third-order valence-electron chi connectivity index (χ3n) is 0.505. The highest BCUT2D eigenvalue weighted by Gasteiger charge is 2.27. The summed E-state index contributed by atoms with van der Waals surface area (Å²) in [5.41, 5.74) is 0. The molecule has 0 saturated heterocycles. The van der Waals surface area contributed by atoms with Crippen molar-refractivity contribution >= 4 is 40.6 Å². The van der Waals surface area contributed by atoms with E-state index in [9.17, 15) is 4.79 Å². The Bertz CT molecular complexity index is 135. The van der Waals surface area contributed by atoms with Crippen LogP contribution < -0.4 is 0 Å². The van der Waals surface area contributed by atoms with E-state index in [-0.39, 0.29) is 0 Å².